The van der Waals surface area contributed by atoms with E-state index in [9.17, 15) is 0 Å². The minimum absolute atomic E-state index is 0.697. The van der Waals surface area contributed by atoms with E-state index < -0.39 is 0 Å². The second-order valence-corrected chi connectivity index (χ2v) is 6.21. The minimum atomic E-state index is 0.697. The van der Waals surface area contributed by atoms with Gasteiger partial charge in [0.05, 0.1) is 17.9 Å². The molecule has 1 aromatic carbocycles. The SMILES string of the molecule is Cc1nn(-c2ccccc2)c(Cl)c1CN1CCn2ccnc2C1. The summed E-state index contributed by atoms with van der Waals surface area (Å²) in [4.78, 5) is 6.78. The number of hydrogen-bond acceptors (Lipinski definition) is 3. The first kappa shape index (κ1) is 14.5. The first-order valence-electron chi connectivity index (χ1n) is 7.74. The van der Waals surface area contributed by atoms with Gasteiger partial charge in [0, 0.05) is 37.6 Å². The van der Waals surface area contributed by atoms with Crippen LogP contribution in [0.4, 0.5) is 0 Å². The molecule has 0 saturated carbocycles. The van der Waals surface area contributed by atoms with Gasteiger partial charge in [-0.05, 0) is 19.1 Å². The van der Waals surface area contributed by atoms with Crippen LogP contribution in [-0.4, -0.2) is 30.8 Å². The molecule has 3 heterocycles. The Labute approximate surface area is 140 Å². The van der Waals surface area contributed by atoms with Crippen LogP contribution in [0.5, 0.6) is 0 Å². The van der Waals surface area contributed by atoms with Crippen LogP contribution in [0, 0.1) is 6.92 Å². The summed E-state index contributed by atoms with van der Waals surface area (Å²) < 4.78 is 4.02. The summed E-state index contributed by atoms with van der Waals surface area (Å²) in [6.45, 7) is 5.63. The van der Waals surface area contributed by atoms with Crippen LogP contribution in [0.3, 0.4) is 0 Å². The highest BCUT2D eigenvalue weighted by Gasteiger charge is 2.21. The van der Waals surface area contributed by atoms with E-state index >= 15 is 0 Å². The molecule has 1 aliphatic rings. The van der Waals surface area contributed by atoms with Gasteiger partial charge in [0.25, 0.3) is 0 Å². The van der Waals surface area contributed by atoms with Gasteiger partial charge in [0.2, 0.25) is 0 Å². The number of benzene rings is 1. The van der Waals surface area contributed by atoms with Crippen LogP contribution in [-0.2, 0) is 19.6 Å². The monoisotopic (exact) mass is 327 g/mol. The Bertz CT molecular complexity index is 821. The molecule has 0 N–H and O–H groups in total. The lowest BCUT2D eigenvalue weighted by atomic mass is 10.2. The van der Waals surface area contributed by atoms with E-state index in [1.807, 2.05) is 54.3 Å². The van der Waals surface area contributed by atoms with Gasteiger partial charge in [-0.1, -0.05) is 29.8 Å². The second-order valence-electron chi connectivity index (χ2n) is 5.85. The van der Waals surface area contributed by atoms with Crippen molar-refractivity contribution >= 4 is 11.6 Å². The maximum absolute atomic E-state index is 6.62. The number of imidazole rings is 1. The molecular formula is C17H18ClN5. The highest BCUT2D eigenvalue weighted by molar-refractivity contribution is 6.30. The summed E-state index contributed by atoms with van der Waals surface area (Å²) in [5.41, 5.74) is 3.06. The van der Waals surface area contributed by atoms with Crippen molar-refractivity contribution in [2.75, 3.05) is 6.54 Å². The number of rotatable bonds is 3. The van der Waals surface area contributed by atoms with Gasteiger partial charge in [-0.25, -0.2) is 9.67 Å². The molecule has 1 aliphatic heterocycles. The normalized spacial score (nSPS) is 14.9. The van der Waals surface area contributed by atoms with E-state index in [4.69, 9.17) is 11.6 Å². The van der Waals surface area contributed by atoms with E-state index in [0.29, 0.717) is 5.15 Å². The molecule has 23 heavy (non-hydrogen) atoms. The van der Waals surface area contributed by atoms with E-state index in [-0.39, 0.29) is 0 Å². The molecule has 118 valence electrons. The number of fused-ring (bicyclic) bond motifs is 1. The summed E-state index contributed by atoms with van der Waals surface area (Å²) in [7, 11) is 0. The van der Waals surface area contributed by atoms with Crippen molar-refractivity contribution in [3.05, 3.63) is 65.0 Å². The predicted molar refractivity (Wildman–Crippen MR) is 89.7 cm³/mol. The number of nitrogens with zero attached hydrogens (tertiary/aromatic N) is 5. The number of halogens is 1. The Balaban J connectivity index is 1.60. The largest absolute Gasteiger partial charge is 0.333 e. The third-order valence-corrected chi connectivity index (χ3v) is 4.72. The fourth-order valence-electron chi connectivity index (χ4n) is 3.03. The van der Waals surface area contributed by atoms with Crippen LogP contribution in [0.15, 0.2) is 42.7 Å². The Morgan fingerprint density at radius 1 is 1.17 bits per heavy atom. The van der Waals surface area contributed by atoms with Crippen molar-refractivity contribution < 1.29 is 0 Å². The van der Waals surface area contributed by atoms with Crippen LogP contribution in [0.1, 0.15) is 17.1 Å². The molecule has 0 bridgehead atoms. The molecule has 0 spiro atoms. The van der Waals surface area contributed by atoms with Crippen molar-refractivity contribution in [2.24, 2.45) is 0 Å². The molecule has 5 nitrogen and oxygen atoms in total. The Kier molecular flexibility index (Phi) is 3.67. The van der Waals surface area contributed by atoms with Crippen molar-refractivity contribution in [3.8, 4) is 5.69 Å². The molecule has 0 fully saturated rings. The summed E-state index contributed by atoms with van der Waals surface area (Å²) in [5.74, 6) is 1.11. The topological polar surface area (TPSA) is 38.9 Å². The van der Waals surface area contributed by atoms with Crippen molar-refractivity contribution in [2.45, 2.75) is 26.6 Å². The van der Waals surface area contributed by atoms with Gasteiger partial charge in [0.15, 0.2) is 0 Å². The lowest BCUT2D eigenvalue weighted by molar-refractivity contribution is 0.208. The van der Waals surface area contributed by atoms with Crippen LogP contribution < -0.4 is 0 Å². The third kappa shape index (κ3) is 2.66. The van der Waals surface area contributed by atoms with E-state index in [2.05, 4.69) is 19.5 Å². The maximum Gasteiger partial charge on any atom is 0.137 e. The minimum Gasteiger partial charge on any atom is -0.333 e. The molecule has 0 radical (unpaired) electrons. The quantitative estimate of drug-likeness (QED) is 0.742. The molecule has 0 amide bonds. The molecule has 3 aromatic rings. The summed E-state index contributed by atoms with van der Waals surface area (Å²) in [6, 6.07) is 10.0. The average Bonchev–Trinajstić information content (AvgIpc) is 3.15. The maximum atomic E-state index is 6.62. The fraction of sp³-hybridized carbons (Fsp3) is 0.294. The van der Waals surface area contributed by atoms with Gasteiger partial charge in [0.1, 0.15) is 11.0 Å². The molecule has 4 rings (SSSR count). The smallest absolute Gasteiger partial charge is 0.137 e. The van der Waals surface area contributed by atoms with E-state index in [1.165, 1.54) is 0 Å². The Morgan fingerprint density at radius 3 is 2.83 bits per heavy atom. The van der Waals surface area contributed by atoms with E-state index in [1.54, 1.807) is 0 Å². The second kappa shape index (κ2) is 5.83. The van der Waals surface area contributed by atoms with Crippen molar-refractivity contribution in [1.82, 2.24) is 24.2 Å². The molecule has 0 atom stereocenters. The van der Waals surface area contributed by atoms with Crippen LogP contribution in [0.2, 0.25) is 5.15 Å². The average molecular weight is 328 g/mol. The molecule has 0 unspecified atom stereocenters. The highest BCUT2D eigenvalue weighted by atomic mass is 35.5. The van der Waals surface area contributed by atoms with Gasteiger partial charge in [-0.15, -0.1) is 0 Å². The predicted octanol–water partition coefficient (Wildman–Crippen LogP) is 3.05. The van der Waals surface area contributed by atoms with Gasteiger partial charge in [-0.3, -0.25) is 4.90 Å². The third-order valence-electron chi connectivity index (χ3n) is 4.33. The van der Waals surface area contributed by atoms with Gasteiger partial charge in [-0.2, -0.15) is 5.10 Å². The van der Waals surface area contributed by atoms with Crippen molar-refractivity contribution in [3.63, 3.8) is 0 Å². The number of hydrogen-bond donors (Lipinski definition) is 0. The number of para-hydroxylation sites is 1. The molecule has 0 saturated heterocycles. The lowest BCUT2D eigenvalue weighted by Crippen LogP contribution is -2.33. The van der Waals surface area contributed by atoms with E-state index in [0.717, 1.165) is 48.9 Å². The fourth-order valence-corrected chi connectivity index (χ4v) is 3.37. The summed E-state index contributed by atoms with van der Waals surface area (Å²) in [6.07, 6.45) is 3.91. The standard InChI is InChI=1S/C17H18ClN5/c1-13-15(11-21-9-10-22-8-7-19-16(22)12-21)17(18)23(20-13)14-5-3-2-4-6-14/h2-8H,9-12H2,1H3. The number of aryl methyl sites for hydroxylation is 1. The molecular weight excluding hydrogens is 310 g/mol. The van der Waals surface area contributed by atoms with Gasteiger partial charge < -0.3 is 4.57 Å². The summed E-state index contributed by atoms with van der Waals surface area (Å²) >= 11 is 6.62. The summed E-state index contributed by atoms with van der Waals surface area (Å²) in [5, 5.41) is 5.31. The molecule has 2 aromatic heterocycles. The first-order valence-corrected chi connectivity index (χ1v) is 8.12. The molecule has 0 aliphatic carbocycles. The Morgan fingerprint density at radius 2 is 2.00 bits per heavy atom. The van der Waals surface area contributed by atoms with Crippen LogP contribution >= 0.6 is 11.6 Å². The zero-order valence-electron chi connectivity index (χ0n) is 13.0. The van der Waals surface area contributed by atoms with Crippen molar-refractivity contribution in [1.29, 1.82) is 0 Å². The van der Waals surface area contributed by atoms with Gasteiger partial charge >= 0.3 is 0 Å². The Hall–Kier alpha value is -2.11. The zero-order valence-corrected chi connectivity index (χ0v) is 13.7. The highest BCUT2D eigenvalue weighted by Crippen LogP contribution is 2.26. The first-order chi connectivity index (χ1) is 11.2. The zero-order chi connectivity index (χ0) is 15.8. The number of aromatic nitrogens is 4. The lowest BCUT2D eigenvalue weighted by Gasteiger charge is -2.27. The van der Waals surface area contributed by atoms with Crippen LogP contribution in [0.25, 0.3) is 5.69 Å². The molecule has 6 heteroatoms.